The number of likely N-dealkylation sites (N-methyl/N-ethyl adjacent to an activating group) is 1. The second-order valence-electron chi connectivity index (χ2n) is 11.2. The lowest BCUT2D eigenvalue weighted by atomic mass is 9.47. The van der Waals surface area contributed by atoms with Crippen LogP contribution in [0.2, 0.25) is 0 Å². The van der Waals surface area contributed by atoms with E-state index in [2.05, 4.69) is 37.5 Å². The molecule has 5 heteroatoms. The van der Waals surface area contributed by atoms with E-state index in [1.165, 1.54) is 50.6 Å². The molecule has 4 aliphatic rings. The third-order valence-electron chi connectivity index (χ3n) is 9.81. The lowest BCUT2D eigenvalue weighted by molar-refractivity contribution is -0.138. The van der Waals surface area contributed by atoms with Gasteiger partial charge in [0.05, 0.1) is 5.69 Å². The molecule has 0 saturated heterocycles. The van der Waals surface area contributed by atoms with Gasteiger partial charge < -0.3 is 10.2 Å². The smallest absolute Gasteiger partial charge is 0.246 e. The summed E-state index contributed by atoms with van der Waals surface area (Å²) < 4.78 is 0. The number of fused-ring (bicyclic) bond motifs is 5. The summed E-state index contributed by atoms with van der Waals surface area (Å²) in [6.45, 7) is 8.28. The molecular formula is C26H39N3OS. The number of hydrogen-bond donors (Lipinski definition) is 1. The highest BCUT2D eigenvalue weighted by molar-refractivity contribution is 7.13. The molecule has 0 aromatic carbocycles. The predicted octanol–water partition coefficient (Wildman–Crippen LogP) is 6.08. The number of carbonyl (C=O) groups is 1. The normalized spacial score (nSPS) is 41.6. The fraction of sp³-hybridized carbons (Fsp3) is 0.769. The largest absolute Gasteiger partial charge is 0.362 e. The molecule has 170 valence electrons. The van der Waals surface area contributed by atoms with Crippen molar-refractivity contribution < 1.29 is 4.79 Å². The summed E-state index contributed by atoms with van der Waals surface area (Å²) in [6.07, 6.45) is 14.2. The number of amides is 1. The van der Waals surface area contributed by atoms with Gasteiger partial charge in [-0.25, -0.2) is 4.98 Å². The highest BCUT2D eigenvalue weighted by atomic mass is 32.1. The van der Waals surface area contributed by atoms with E-state index in [0.29, 0.717) is 23.3 Å². The summed E-state index contributed by atoms with van der Waals surface area (Å²) in [5.41, 5.74) is 1.86. The van der Waals surface area contributed by atoms with Gasteiger partial charge in [0.1, 0.15) is 0 Å². The highest BCUT2D eigenvalue weighted by Crippen LogP contribution is 2.67. The molecule has 31 heavy (non-hydrogen) atoms. The zero-order valence-corrected chi connectivity index (χ0v) is 20.5. The van der Waals surface area contributed by atoms with Crippen molar-refractivity contribution in [3.05, 3.63) is 23.2 Å². The summed E-state index contributed by atoms with van der Waals surface area (Å²) in [7, 11) is 2.02. The molecule has 1 N–H and O–H groups in total. The monoisotopic (exact) mass is 441 g/mol. The number of nitrogens with zero attached hydrogens (tertiary/aromatic N) is 2. The molecule has 1 aromatic heterocycles. The van der Waals surface area contributed by atoms with Crippen LogP contribution in [0.1, 0.15) is 83.7 Å². The first-order chi connectivity index (χ1) is 14.9. The molecule has 2 unspecified atom stereocenters. The van der Waals surface area contributed by atoms with Crippen LogP contribution >= 0.6 is 11.3 Å². The SMILES string of the molecule is CCCCNc1nc([C@H]2CC[C@H]3C4CC[C@H]5N(C)C(=O)C=C[C@]5(C)C4CC[C@]23C)cs1. The Bertz CT molecular complexity index is 865. The van der Waals surface area contributed by atoms with Gasteiger partial charge in [0, 0.05) is 36.3 Å². The van der Waals surface area contributed by atoms with E-state index in [-0.39, 0.29) is 11.3 Å². The molecule has 0 spiro atoms. The topological polar surface area (TPSA) is 45.2 Å². The molecular weight excluding hydrogens is 402 g/mol. The van der Waals surface area contributed by atoms with E-state index in [1.54, 1.807) is 11.3 Å². The Morgan fingerprint density at radius 1 is 1.19 bits per heavy atom. The minimum atomic E-state index is 0.141. The van der Waals surface area contributed by atoms with Crippen LogP contribution in [0.25, 0.3) is 0 Å². The van der Waals surface area contributed by atoms with Crippen molar-refractivity contribution in [1.82, 2.24) is 9.88 Å². The van der Waals surface area contributed by atoms with Gasteiger partial charge in [-0.2, -0.15) is 0 Å². The van der Waals surface area contributed by atoms with Gasteiger partial charge >= 0.3 is 0 Å². The summed E-state index contributed by atoms with van der Waals surface area (Å²) in [5, 5.41) is 6.97. The Labute approximate surface area is 191 Å². The van der Waals surface area contributed by atoms with Crippen molar-refractivity contribution >= 4 is 22.4 Å². The van der Waals surface area contributed by atoms with Crippen LogP contribution < -0.4 is 5.32 Å². The average molecular weight is 442 g/mol. The van der Waals surface area contributed by atoms with Crippen molar-refractivity contribution in [1.29, 1.82) is 0 Å². The van der Waals surface area contributed by atoms with Crippen LogP contribution in [0.3, 0.4) is 0 Å². The van der Waals surface area contributed by atoms with Crippen LogP contribution in [0.4, 0.5) is 5.13 Å². The van der Waals surface area contributed by atoms with Crippen LogP contribution in [-0.2, 0) is 4.79 Å². The maximum Gasteiger partial charge on any atom is 0.246 e. The van der Waals surface area contributed by atoms with Crippen molar-refractivity contribution in [2.75, 3.05) is 18.9 Å². The second-order valence-corrected chi connectivity index (χ2v) is 12.0. The van der Waals surface area contributed by atoms with E-state index in [1.807, 2.05) is 18.0 Å². The number of hydrogen-bond acceptors (Lipinski definition) is 4. The van der Waals surface area contributed by atoms with Crippen LogP contribution in [0.5, 0.6) is 0 Å². The van der Waals surface area contributed by atoms with Crippen LogP contribution in [0.15, 0.2) is 17.5 Å². The van der Waals surface area contributed by atoms with Crippen LogP contribution in [-0.4, -0.2) is 35.4 Å². The minimum Gasteiger partial charge on any atom is -0.362 e. The number of aromatic nitrogens is 1. The zero-order valence-electron chi connectivity index (χ0n) is 19.7. The summed E-state index contributed by atoms with van der Waals surface area (Å²) in [6, 6.07) is 0.378. The Kier molecular flexibility index (Phi) is 5.47. The van der Waals surface area contributed by atoms with E-state index < -0.39 is 0 Å². The number of nitrogens with one attached hydrogen (secondary N) is 1. The zero-order chi connectivity index (χ0) is 21.8. The van der Waals surface area contributed by atoms with Gasteiger partial charge in [-0.1, -0.05) is 33.3 Å². The van der Waals surface area contributed by atoms with E-state index in [0.717, 1.165) is 29.9 Å². The highest BCUT2D eigenvalue weighted by Gasteiger charge is 2.60. The lowest BCUT2D eigenvalue weighted by Gasteiger charge is -2.60. The maximum absolute atomic E-state index is 12.3. The minimum absolute atomic E-state index is 0.141. The lowest BCUT2D eigenvalue weighted by Crippen LogP contribution is -2.59. The Morgan fingerprint density at radius 2 is 2.03 bits per heavy atom. The maximum atomic E-state index is 12.3. The molecule has 0 bridgehead atoms. The summed E-state index contributed by atoms with van der Waals surface area (Å²) in [5.74, 6) is 3.08. The van der Waals surface area contributed by atoms with Crippen LogP contribution in [0, 0.1) is 28.6 Å². The molecule has 2 heterocycles. The third kappa shape index (κ3) is 3.29. The van der Waals surface area contributed by atoms with Crippen molar-refractivity contribution in [2.24, 2.45) is 28.6 Å². The van der Waals surface area contributed by atoms with Gasteiger partial charge in [0.2, 0.25) is 5.91 Å². The number of anilines is 1. The molecule has 3 saturated carbocycles. The molecule has 1 aromatic rings. The molecule has 4 nitrogen and oxygen atoms in total. The molecule has 5 rings (SSSR count). The number of unbranched alkanes of at least 4 members (excludes halogenated alkanes) is 1. The molecule has 3 aliphatic carbocycles. The van der Waals surface area contributed by atoms with Gasteiger partial charge in [-0.15, -0.1) is 11.3 Å². The molecule has 7 atom stereocenters. The molecule has 1 amide bonds. The van der Waals surface area contributed by atoms with E-state index in [4.69, 9.17) is 4.98 Å². The van der Waals surface area contributed by atoms with Crippen molar-refractivity contribution in [2.45, 2.75) is 84.1 Å². The first-order valence-corrected chi connectivity index (χ1v) is 13.4. The van der Waals surface area contributed by atoms with Gasteiger partial charge in [0.25, 0.3) is 0 Å². The van der Waals surface area contributed by atoms with E-state index >= 15 is 0 Å². The number of rotatable bonds is 5. The first kappa shape index (κ1) is 21.5. The third-order valence-corrected chi connectivity index (χ3v) is 10.6. The summed E-state index contributed by atoms with van der Waals surface area (Å²) in [4.78, 5) is 19.4. The predicted molar refractivity (Wildman–Crippen MR) is 128 cm³/mol. The first-order valence-electron chi connectivity index (χ1n) is 12.5. The Morgan fingerprint density at radius 3 is 2.84 bits per heavy atom. The summed E-state index contributed by atoms with van der Waals surface area (Å²) >= 11 is 1.79. The van der Waals surface area contributed by atoms with Crippen molar-refractivity contribution in [3.63, 3.8) is 0 Å². The van der Waals surface area contributed by atoms with Gasteiger partial charge in [-0.05, 0) is 74.2 Å². The molecule has 3 fully saturated rings. The van der Waals surface area contributed by atoms with Gasteiger partial charge in [-0.3, -0.25) is 4.79 Å². The number of carbonyl (C=O) groups excluding carboxylic acids is 1. The molecule has 1 aliphatic heterocycles. The van der Waals surface area contributed by atoms with Gasteiger partial charge in [0.15, 0.2) is 5.13 Å². The fourth-order valence-electron chi connectivity index (χ4n) is 8.12. The van der Waals surface area contributed by atoms with E-state index in [9.17, 15) is 4.79 Å². The fourth-order valence-corrected chi connectivity index (χ4v) is 8.92. The quantitative estimate of drug-likeness (QED) is 0.563. The Balaban J connectivity index is 1.36. The average Bonchev–Trinajstić information content (AvgIpc) is 3.35. The molecule has 0 radical (unpaired) electrons. The Hall–Kier alpha value is -1.36. The standard InChI is InChI=1S/C26H39N3OS/c1-5-6-15-27-24-28-21(16-31-24)20-9-8-18-17-7-10-22-26(3,14-12-23(30)29(22)4)19(17)11-13-25(18,20)2/h12,14,16-20,22H,5-11,13,15H2,1-4H3,(H,27,28)/t17?,18-,19?,20+,22+,25-,26+/m0/s1. The van der Waals surface area contributed by atoms with Crippen molar-refractivity contribution in [3.8, 4) is 0 Å². The number of thiazole rings is 1. The second kappa shape index (κ2) is 7.90.